The second kappa shape index (κ2) is 5.36. The summed E-state index contributed by atoms with van der Waals surface area (Å²) in [5.41, 5.74) is 1.17. The highest BCUT2D eigenvalue weighted by Gasteiger charge is 2.21. The normalized spacial score (nSPS) is 13.9. The first-order valence-electron chi connectivity index (χ1n) is 6.69. The highest BCUT2D eigenvalue weighted by Crippen LogP contribution is 2.13. The summed E-state index contributed by atoms with van der Waals surface area (Å²) in [6.45, 7) is 4.16. The molecule has 0 radical (unpaired) electrons. The van der Waals surface area contributed by atoms with Crippen LogP contribution in [0.2, 0.25) is 0 Å². The first-order chi connectivity index (χ1) is 9.72. The van der Waals surface area contributed by atoms with Crippen LogP contribution in [0.15, 0.2) is 36.7 Å². The summed E-state index contributed by atoms with van der Waals surface area (Å²) in [6.07, 6.45) is 3.71. The second-order valence-electron chi connectivity index (χ2n) is 4.95. The summed E-state index contributed by atoms with van der Waals surface area (Å²) >= 11 is 0. The molecule has 1 aromatic heterocycles. The number of carbonyl (C=O) groups excluding carboxylic acids is 1. The molecule has 3 rings (SSSR count). The minimum Gasteiger partial charge on any atom is -0.484 e. The van der Waals surface area contributed by atoms with Gasteiger partial charge in [0.15, 0.2) is 6.61 Å². The number of aromatic nitrogens is 2. The van der Waals surface area contributed by atoms with Gasteiger partial charge < -0.3 is 14.2 Å². The number of hydrogen-bond donors (Lipinski definition) is 0. The van der Waals surface area contributed by atoms with Gasteiger partial charge in [-0.15, -0.1) is 0 Å². The number of rotatable bonds is 3. The van der Waals surface area contributed by atoms with Gasteiger partial charge >= 0.3 is 0 Å². The van der Waals surface area contributed by atoms with Crippen molar-refractivity contribution in [2.24, 2.45) is 0 Å². The monoisotopic (exact) mass is 271 g/mol. The van der Waals surface area contributed by atoms with Crippen molar-refractivity contribution < 1.29 is 9.53 Å². The Labute approximate surface area is 117 Å². The van der Waals surface area contributed by atoms with Crippen LogP contribution in [0.5, 0.6) is 5.75 Å². The van der Waals surface area contributed by atoms with E-state index in [1.54, 1.807) is 11.1 Å². The maximum atomic E-state index is 12.1. The molecule has 0 bridgehead atoms. The Kier molecular flexibility index (Phi) is 3.41. The summed E-state index contributed by atoms with van der Waals surface area (Å²) in [4.78, 5) is 18.2. The molecule has 5 nitrogen and oxygen atoms in total. The van der Waals surface area contributed by atoms with Gasteiger partial charge in [-0.3, -0.25) is 4.79 Å². The van der Waals surface area contributed by atoms with E-state index in [0.717, 1.165) is 18.1 Å². The van der Waals surface area contributed by atoms with Gasteiger partial charge in [0.05, 0.1) is 6.54 Å². The number of fused-ring (bicyclic) bond motifs is 1. The molecule has 0 saturated heterocycles. The third-order valence-electron chi connectivity index (χ3n) is 3.48. The fourth-order valence-corrected chi connectivity index (χ4v) is 2.26. The first-order valence-corrected chi connectivity index (χ1v) is 6.69. The van der Waals surface area contributed by atoms with Crippen LogP contribution in [0, 0.1) is 6.92 Å². The van der Waals surface area contributed by atoms with Crippen molar-refractivity contribution >= 4 is 5.91 Å². The van der Waals surface area contributed by atoms with E-state index in [-0.39, 0.29) is 12.5 Å². The molecule has 0 unspecified atom stereocenters. The third-order valence-corrected chi connectivity index (χ3v) is 3.48. The Morgan fingerprint density at radius 2 is 2.10 bits per heavy atom. The number of amides is 1. The Morgan fingerprint density at radius 3 is 2.90 bits per heavy atom. The van der Waals surface area contributed by atoms with Gasteiger partial charge in [0.25, 0.3) is 5.91 Å². The van der Waals surface area contributed by atoms with Gasteiger partial charge in [0, 0.05) is 25.5 Å². The molecule has 5 heteroatoms. The predicted octanol–water partition coefficient (Wildman–Crippen LogP) is 1.61. The van der Waals surface area contributed by atoms with Gasteiger partial charge in [0.1, 0.15) is 11.6 Å². The van der Waals surface area contributed by atoms with Crippen molar-refractivity contribution in [3.63, 3.8) is 0 Å². The zero-order valence-corrected chi connectivity index (χ0v) is 11.5. The highest BCUT2D eigenvalue weighted by molar-refractivity contribution is 5.77. The van der Waals surface area contributed by atoms with Crippen molar-refractivity contribution in [2.45, 2.75) is 20.0 Å². The largest absolute Gasteiger partial charge is 0.484 e. The lowest BCUT2D eigenvalue weighted by molar-refractivity contribution is -0.134. The number of carbonyl (C=O) groups is 1. The lowest BCUT2D eigenvalue weighted by Gasteiger charge is -2.27. The van der Waals surface area contributed by atoms with E-state index >= 15 is 0 Å². The molecule has 0 spiro atoms. The zero-order chi connectivity index (χ0) is 13.9. The van der Waals surface area contributed by atoms with Crippen LogP contribution in [0.1, 0.15) is 11.4 Å². The van der Waals surface area contributed by atoms with Crippen LogP contribution >= 0.6 is 0 Å². The molecular weight excluding hydrogens is 254 g/mol. The van der Waals surface area contributed by atoms with E-state index in [2.05, 4.69) is 9.55 Å². The van der Waals surface area contributed by atoms with Gasteiger partial charge in [0.2, 0.25) is 0 Å². The molecule has 2 aromatic rings. The van der Waals surface area contributed by atoms with Gasteiger partial charge in [-0.1, -0.05) is 17.7 Å². The Morgan fingerprint density at radius 1 is 1.30 bits per heavy atom. The first kappa shape index (κ1) is 12.7. The topological polar surface area (TPSA) is 47.4 Å². The SMILES string of the molecule is Cc1ccc(OCC(=O)N2CCn3ccnc3C2)cc1. The molecule has 1 aliphatic rings. The molecule has 0 fully saturated rings. The second-order valence-corrected chi connectivity index (χ2v) is 4.95. The maximum absolute atomic E-state index is 12.1. The van der Waals surface area contributed by atoms with Gasteiger partial charge in [-0.05, 0) is 19.1 Å². The van der Waals surface area contributed by atoms with Crippen LogP contribution in [0.25, 0.3) is 0 Å². The number of aryl methyl sites for hydroxylation is 1. The molecule has 20 heavy (non-hydrogen) atoms. The molecule has 1 aromatic carbocycles. The molecule has 104 valence electrons. The molecule has 2 heterocycles. The van der Waals surface area contributed by atoms with Crippen LogP contribution in [0.3, 0.4) is 0 Å². The zero-order valence-electron chi connectivity index (χ0n) is 11.5. The van der Waals surface area contributed by atoms with Crippen molar-refractivity contribution in [3.8, 4) is 5.75 Å². The molecule has 1 amide bonds. The number of benzene rings is 1. The molecule has 0 atom stereocenters. The molecule has 0 aliphatic carbocycles. The Bertz CT molecular complexity index is 604. The average Bonchev–Trinajstić information content (AvgIpc) is 2.93. The number of nitrogens with zero attached hydrogens (tertiary/aromatic N) is 3. The minimum atomic E-state index is -0.000162. The van der Waals surface area contributed by atoms with Crippen LogP contribution < -0.4 is 4.74 Å². The van der Waals surface area contributed by atoms with Crippen LogP contribution in [-0.2, 0) is 17.9 Å². The number of hydrogen-bond acceptors (Lipinski definition) is 3. The summed E-state index contributed by atoms with van der Waals surface area (Å²) in [6, 6.07) is 7.70. The van der Waals surface area contributed by atoms with E-state index in [1.807, 2.05) is 37.4 Å². The summed E-state index contributed by atoms with van der Waals surface area (Å²) in [7, 11) is 0. The molecule has 0 saturated carbocycles. The van der Waals surface area contributed by atoms with E-state index in [0.29, 0.717) is 13.1 Å². The number of ether oxygens (including phenoxy) is 1. The van der Waals surface area contributed by atoms with Crippen molar-refractivity contribution in [1.82, 2.24) is 14.5 Å². The molecular formula is C15H17N3O2. The van der Waals surface area contributed by atoms with E-state index < -0.39 is 0 Å². The third kappa shape index (κ3) is 2.66. The predicted molar refractivity (Wildman–Crippen MR) is 74.3 cm³/mol. The van der Waals surface area contributed by atoms with Gasteiger partial charge in [-0.25, -0.2) is 4.98 Å². The van der Waals surface area contributed by atoms with E-state index in [9.17, 15) is 4.79 Å². The molecule has 0 N–H and O–H groups in total. The van der Waals surface area contributed by atoms with E-state index in [4.69, 9.17) is 4.74 Å². The summed E-state index contributed by atoms with van der Waals surface area (Å²) in [5.74, 6) is 1.65. The quantitative estimate of drug-likeness (QED) is 0.852. The van der Waals surface area contributed by atoms with Crippen molar-refractivity contribution in [2.75, 3.05) is 13.2 Å². The average molecular weight is 271 g/mol. The van der Waals surface area contributed by atoms with Crippen LogP contribution in [0.4, 0.5) is 0 Å². The fraction of sp³-hybridized carbons (Fsp3) is 0.333. The Balaban J connectivity index is 1.56. The highest BCUT2D eigenvalue weighted by atomic mass is 16.5. The Hall–Kier alpha value is -2.30. The minimum absolute atomic E-state index is 0.000162. The lowest BCUT2D eigenvalue weighted by atomic mass is 10.2. The lowest BCUT2D eigenvalue weighted by Crippen LogP contribution is -2.40. The standard InChI is InChI=1S/C15H17N3O2/c1-12-2-4-13(5-3-12)20-11-15(19)18-9-8-17-7-6-16-14(17)10-18/h2-7H,8-11H2,1H3. The van der Waals surface area contributed by atoms with Crippen molar-refractivity contribution in [1.29, 1.82) is 0 Å². The maximum Gasteiger partial charge on any atom is 0.260 e. The smallest absolute Gasteiger partial charge is 0.260 e. The van der Waals surface area contributed by atoms with Crippen LogP contribution in [-0.4, -0.2) is 33.5 Å². The van der Waals surface area contributed by atoms with Gasteiger partial charge in [-0.2, -0.15) is 0 Å². The number of imidazole rings is 1. The summed E-state index contributed by atoms with van der Waals surface area (Å²) < 4.78 is 7.60. The van der Waals surface area contributed by atoms with E-state index in [1.165, 1.54) is 5.56 Å². The molecule has 1 aliphatic heterocycles. The fourth-order valence-electron chi connectivity index (χ4n) is 2.26. The summed E-state index contributed by atoms with van der Waals surface area (Å²) in [5, 5.41) is 0. The van der Waals surface area contributed by atoms with Crippen molar-refractivity contribution in [3.05, 3.63) is 48.0 Å².